The van der Waals surface area contributed by atoms with Crippen molar-refractivity contribution in [3.8, 4) is 5.75 Å². The number of hydrogen-bond acceptors (Lipinski definition) is 5. The molecule has 7 heteroatoms. The highest BCUT2D eigenvalue weighted by atomic mass is 32.2. The molecule has 6 nitrogen and oxygen atoms in total. The molecule has 5 aromatic rings. The lowest BCUT2D eigenvalue weighted by molar-refractivity contribution is 0.318. The summed E-state index contributed by atoms with van der Waals surface area (Å²) in [7, 11) is 0. The topological polar surface area (TPSA) is 61.4 Å². The molecule has 0 amide bonds. The van der Waals surface area contributed by atoms with Gasteiger partial charge in [-0.25, -0.2) is 0 Å². The molecule has 5 rings (SSSR count). The number of hydrogen-bond donors (Lipinski definition) is 0. The Balaban J connectivity index is 1.42. The molecule has 0 radical (unpaired) electrons. The number of benzene rings is 3. The number of para-hydroxylation sites is 2. The largest absolute Gasteiger partial charge is 0.494 e. The van der Waals surface area contributed by atoms with Gasteiger partial charge < -0.3 is 4.74 Å². The van der Waals surface area contributed by atoms with Gasteiger partial charge in [0.25, 0.3) is 5.56 Å². The fourth-order valence-corrected chi connectivity index (χ4v) is 4.52. The Morgan fingerprint density at radius 1 is 0.844 bits per heavy atom. The molecule has 0 atom stereocenters. The molecule has 3 aromatic carbocycles. The average molecular weight is 443 g/mol. The van der Waals surface area contributed by atoms with E-state index >= 15 is 0 Å². The molecule has 0 saturated heterocycles. The zero-order valence-corrected chi connectivity index (χ0v) is 18.2. The predicted molar refractivity (Wildman–Crippen MR) is 128 cm³/mol. The van der Waals surface area contributed by atoms with E-state index in [0.717, 1.165) is 34.2 Å². The summed E-state index contributed by atoms with van der Waals surface area (Å²) in [5.41, 5.74) is 1.81. The van der Waals surface area contributed by atoms with E-state index in [2.05, 4.69) is 10.2 Å². The van der Waals surface area contributed by atoms with E-state index in [4.69, 9.17) is 4.74 Å². The van der Waals surface area contributed by atoms with E-state index in [1.54, 1.807) is 16.3 Å². The number of rotatable bonds is 8. The first kappa shape index (κ1) is 20.3. The van der Waals surface area contributed by atoms with Gasteiger partial charge in [0.2, 0.25) is 5.78 Å². The van der Waals surface area contributed by atoms with Crippen molar-refractivity contribution in [3.63, 3.8) is 0 Å². The van der Waals surface area contributed by atoms with E-state index < -0.39 is 0 Å². The minimum atomic E-state index is -0.0582. The number of aromatic nitrogens is 4. The maximum Gasteiger partial charge on any atom is 0.263 e. The molecule has 32 heavy (non-hydrogen) atoms. The highest BCUT2D eigenvalue weighted by Gasteiger charge is 2.16. The van der Waals surface area contributed by atoms with Gasteiger partial charge in [0.15, 0.2) is 5.16 Å². The van der Waals surface area contributed by atoms with Crippen molar-refractivity contribution in [3.05, 3.63) is 101 Å². The summed E-state index contributed by atoms with van der Waals surface area (Å²) in [6.07, 6.45) is 0.871. The molecule has 0 fully saturated rings. The van der Waals surface area contributed by atoms with Crippen molar-refractivity contribution in [1.29, 1.82) is 0 Å². The van der Waals surface area contributed by atoms with Gasteiger partial charge in [0.05, 0.1) is 24.1 Å². The summed E-state index contributed by atoms with van der Waals surface area (Å²) in [5.74, 6) is 2.27. The summed E-state index contributed by atoms with van der Waals surface area (Å²) < 4.78 is 9.47. The van der Waals surface area contributed by atoms with Crippen LogP contribution < -0.4 is 10.3 Å². The van der Waals surface area contributed by atoms with Crippen LogP contribution in [0, 0.1) is 0 Å². The van der Waals surface area contributed by atoms with Crippen LogP contribution in [0.2, 0.25) is 0 Å². The van der Waals surface area contributed by atoms with Crippen LogP contribution in [0.1, 0.15) is 12.0 Å². The zero-order valence-electron chi connectivity index (χ0n) is 17.4. The van der Waals surface area contributed by atoms with Crippen molar-refractivity contribution in [2.24, 2.45) is 0 Å². The average Bonchev–Trinajstić information content (AvgIpc) is 3.27. The molecule has 0 aliphatic heterocycles. The normalized spacial score (nSPS) is 11.2. The Kier molecular flexibility index (Phi) is 5.89. The van der Waals surface area contributed by atoms with Crippen LogP contribution in [0.25, 0.3) is 16.7 Å². The van der Waals surface area contributed by atoms with Crippen molar-refractivity contribution >= 4 is 28.4 Å². The fourth-order valence-electron chi connectivity index (χ4n) is 3.66. The van der Waals surface area contributed by atoms with E-state index in [1.165, 1.54) is 0 Å². The molecule has 0 bridgehead atoms. The number of thioether (sulfide) groups is 1. The molecule has 0 unspecified atom stereocenters. The van der Waals surface area contributed by atoms with Crippen LogP contribution in [0.15, 0.2) is 94.9 Å². The summed E-state index contributed by atoms with van der Waals surface area (Å²) in [6, 6.07) is 27.4. The first-order valence-electron chi connectivity index (χ1n) is 10.5. The minimum Gasteiger partial charge on any atom is -0.494 e. The van der Waals surface area contributed by atoms with Gasteiger partial charge in [-0.2, -0.15) is 0 Å². The fraction of sp³-hybridized carbons (Fsp3) is 0.160. The van der Waals surface area contributed by atoms with E-state index in [-0.39, 0.29) is 5.56 Å². The molecule has 160 valence electrons. The Labute approximate surface area is 189 Å². The van der Waals surface area contributed by atoms with Gasteiger partial charge in [0, 0.05) is 5.75 Å². The van der Waals surface area contributed by atoms with Crippen LogP contribution in [0.5, 0.6) is 5.75 Å². The van der Waals surface area contributed by atoms with E-state index in [9.17, 15) is 4.79 Å². The Morgan fingerprint density at radius 2 is 1.56 bits per heavy atom. The predicted octanol–water partition coefficient (Wildman–Crippen LogP) is 4.65. The summed E-state index contributed by atoms with van der Waals surface area (Å²) in [4.78, 5) is 13.2. The van der Waals surface area contributed by atoms with Crippen LogP contribution in [0.3, 0.4) is 0 Å². The van der Waals surface area contributed by atoms with Crippen molar-refractivity contribution < 1.29 is 4.74 Å². The van der Waals surface area contributed by atoms with Gasteiger partial charge in [-0.1, -0.05) is 72.4 Å². The lowest BCUT2D eigenvalue weighted by Crippen LogP contribution is -2.24. The summed E-state index contributed by atoms with van der Waals surface area (Å²) in [6.45, 7) is 1.08. The van der Waals surface area contributed by atoms with Crippen LogP contribution >= 0.6 is 11.8 Å². The smallest absolute Gasteiger partial charge is 0.263 e. The zero-order chi connectivity index (χ0) is 21.8. The second-order valence-electron chi connectivity index (χ2n) is 7.38. The van der Waals surface area contributed by atoms with Crippen molar-refractivity contribution in [2.75, 3.05) is 12.4 Å². The van der Waals surface area contributed by atoms with Crippen LogP contribution in [-0.2, 0) is 6.54 Å². The molecule has 2 aromatic heterocycles. The van der Waals surface area contributed by atoms with Gasteiger partial charge in [-0.05, 0) is 36.2 Å². The van der Waals surface area contributed by atoms with Gasteiger partial charge >= 0.3 is 0 Å². The third kappa shape index (κ3) is 4.11. The Morgan fingerprint density at radius 3 is 2.38 bits per heavy atom. The highest BCUT2D eigenvalue weighted by Crippen LogP contribution is 2.22. The number of fused-ring (bicyclic) bond motifs is 3. The highest BCUT2D eigenvalue weighted by molar-refractivity contribution is 7.99. The molecule has 2 heterocycles. The molecule has 0 N–H and O–H groups in total. The third-order valence-electron chi connectivity index (χ3n) is 5.19. The van der Waals surface area contributed by atoms with Gasteiger partial charge in [0.1, 0.15) is 5.75 Å². The molecular formula is C25H22N4O2S. The Bertz CT molecular complexity index is 1400. The van der Waals surface area contributed by atoms with E-state index in [1.807, 2.05) is 89.3 Å². The monoisotopic (exact) mass is 442 g/mol. The summed E-state index contributed by atoms with van der Waals surface area (Å²) in [5, 5.41) is 10.2. The maximum absolute atomic E-state index is 13.2. The quantitative estimate of drug-likeness (QED) is 0.259. The number of nitrogens with zero attached hydrogens (tertiary/aromatic N) is 4. The van der Waals surface area contributed by atoms with Crippen molar-refractivity contribution in [2.45, 2.75) is 18.1 Å². The molecular weight excluding hydrogens is 420 g/mol. The molecule has 0 spiro atoms. The SMILES string of the molecule is O=c1c2ccccc2n2c(SCCCOc3ccccc3)nnc2n1Cc1ccccc1. The minimum absolute atomic E-state index is 0.0582. The van der Waals surface area contributed by atoms with Crippen molar-refractivity contribution in [1.82, 2.24) is 19.2 Å². The lowest BCUT2D eigenvalue weighted by Gasteiger charge is -2.11. The third-order valence-corrected chi connectivity index (χ3v) is 6.21. The maximum atomic E-state index is 13.2. The second kappa shape index (κ2) is 9.28. The summed E-state index contributed by atoms with van der Waals surface area (Å²) >= 11 is 1.62. The second-order valence-corrected chi connectivity index (χ2v) is 8.44. The Hall–Kier alpha value is -3.58. The molecule has 0 saturated carbocycles. The van der Waals surface area contributed by atoms with E-state index in [0.29, 0.717) is 24.3 Å². The van der Waals surface area contributed by atoms with Crippen LogP contribution in [-0.4, -0.2) is 31.5 Å². The van der Waals surface area contributed by atoms with Crippen LogP contribution in [0.4, 0.5) is 0 Å². The van der Waals surface area contributed by atoms with Gasteiger partial charge in [-0.15, -0.1) is 10.2 Å². The van der Waals surface area contributed by atoms with Gasteiger partial charge in [-0.3, -0.25) is 13.8 Å². The lowest BCUT2D eigenvalue weighted by atomic mass is 10.2. The molecule has 0 aliphatic carbocycles. The first-order chi connectivity index (χ1) is 15.8. The number of ether oxygens (including phenoxy) is 1. The first-order valence-corrected chi connectivity index (χ1v) is 11.5. The molecule has 0 aliphatic rings. The standard InChI is InChI=1S/C25H22N4O2S/c30-23-21-14-7-8-15-22(21)29-24(28(23)18-19-10-3-1-4-11-19)26-27-25(29)32-17-9-16-31-20-12-5-2-6-13-20/h1-8,10-15H,9,16-18H2.